The van der Waals surface area contributed by atoms with Gasteiger partial charge in [-0.25, -0.2) is 9.78 Å². The van der Waals surface area contributed by atoms with Crippen LogP contribution in [0.1, 0.15) is 41.4 Å². The van der Waals surface area contributed by atoms with Gasteiger partial charge in [-0.3, -0.25) is 4.79 Å². The predicted octanol–water partition coefficient (Wildman–Crippen LogP) is 1.75. The number of carbonyl (C=O) groups is 2. The third-order valence-corrected chi connectivity index (χ3v) is 3.81. The second-order valence-corrected chi connectivity index (χ2v) is 5.33. The molecule has 1 saturated carbocycles. The monoisotopic (exact) mass is 287 g/mol. The van der Waals surface area contributed by atoms with Crippen molar-refractivity contribution in [3.05, 3.63) is 29.6 Å². The van der Waals surface area contributed by atoms with Crippen molar-refractivity contribution in [1.82, 2.24) is 14.9 Å². The minimum absolute atomic E-state index is 0.0343. The Morgan fingerprint density at radius 1 is 1.43 bits per heavy atom. The molecule has 0 atom stereocenters. The highest BCUT2D eigenvalue weighted by atomic mass is 16.4. The Balaban J connectivity index is 2.03. The smallest absolute Gasteiger partial charge is 0.335 e. The summed E-state index contributed by atoms with van der Waals surface area (Å²) in [5.41, 5.74) is 1.82. The van der Waals surface area contributed by atoms with Gasteiger partial charge in [-0.1, -0.05) is 0 Å². The topological polar surface area (TPSA) is 84.2 Å². The molecule has 0 unspecified atom stereocenters. The van der Waals surface area contributed by atoms with E-state index in [1.807, 2.05) is 4.57 Å². The van der Waals surface area contributed by atoms with Crippen LogP contribution in [0.15, 0.2) is 18.2 Å². The summed E-state index contributed by atoms with van der Waals surface area (Å²) in [5.74, 6) is 0.420. The summed E-state index contributed by atoms with van der Waals surface area (Å²) in [5, 5.41) is 11.7. The third-order valence-electron chi connectivity index (χ3n) is 3.81. The largest absolute Gasteiger partial charge is 0.478 e. The molecule has 1 aliphatic carbocycles. The van der Waals surface area contributed by atoms with Crippen LogP contribution in [0.25, 0.3) is 11.0 Å². The van der Waals surface area contributed by atoms with Gasteiger partial charge in [0.05, 0.1) is 16.6 Å². The number of imidazole rings is 1. The summed E-state index contributed by atoms with van der Waals surface area (Å²) in [6.45, 7) is 0.519. The third kappa shape index (κ3) is 2.61. The van der Waals surface area contributed by atoms with Gasteiger partial charge in [-0.05, 0) is 31.0 Å². The maximum atomic E-state index is 11.5. The predicted molar refractivity (Wildman–Crippen MR) is 77.4 cm³/mol. The second kappa shape index (κ2) is 5.20. The number of carboxylic acids is 1. The van der Waals surface area contributed by atoms with Crippen molar-refractivity contribution in [1.29, 1.82) is 0 Å². The van der Waals surface area contributed by atoms with E-state index in [2.05, 4.69) is 10.3 Å². The lowest BCUT2D eigenvalue weighted by molar-refractivity contribution is -0.120. The van der Waals surface area contributed by atoms with Crippen LogP contribution >= 0.6 is 0 Å². The average molecular weight is 287 g/mol. The summed E-state index contributed by atoms with van der Waals surface area (Å²) >= 11 is 0. The van der Waals surface area contributed by atoms with Crippen LogP contribution in [0.4, 0.5) is 0 Å². The highest BCUT2D eigenvalue weighted by Gasteiger charge is 2.29. The summed E-state index contributed by atoms with van der Waals surface area (Å²) in [6, 6.07) is 4.94. The molecule has 1 heterocycles. The minimum Gasteiger partial charge on any atom is -0.478 e. The zero-order valence-electron chi connectivity index (χ0n) is 11.8. The van der Waals surface area contributed by atoms with Gasteiger partial charge in [0.2, 0.25) is 5.91 Å². The van der Waals surface area contributed by atoms with Gasteiger partial charge in [-0.2, -0.15) is 0 Å². The van der Waals surface area contributed by atoms with Crippen molar-refractivity contribution in [2.75, 3.05) is 7.05 Å². The number of hydrogen-bond acceptors (Lipinski definition) is 3. The summed E-state index contributed by atoms with van der Waals surface area (Å²) < 4.78 is 1.99. The van der Waals surface area contributed by atoms with E-state index in [9.17, 15) is 9.59 Å². The van der Waals surface area contributed by atoms with Crippen molar-refractivity contribution in [2.24, 2.45) is 0 Å². The van der Waals surface area contributed by atoms with E-state index >= 15 is 0 Å². The molecular weight excluding hydrogens is 270 g/mol. The molecule has 1 fully saturated rings. The van der Waals surface area contributed by atoms with Crippen LogP contribution in [-0.2, 0) is 11.3 Å². The molecule has 2 aromatic rings. The van der Waals surface area contributed by atoms with E-state index in [-0.39, 0.29) is 11.5 Å². The Kier molecular flexibility index (Phi) is 3.37. The lowest BCUT2D eigenvalue weighted by Crippen LogP contribution is -2.20. The number of hydrogen-bond donors (Lipinski definition) is 2. The molecule has 2 N–H and O–H groups in total. The molecule has 110 valence electrons. The van der Waals surface area contributed by atoms with Crippen LogP contribution in [0.3, 0.4) is 0 Å². The molecule has 0 spiro atoms. The number of nitrogens with zero attached hydrogens (tertiary/aromatic N) is 2. The lowest BCUT2D eigenvalue weighted by Gasteiger charge is -2.08. The van der Waals surface area contributed by atoms with Crippen molar-refractivity contribution >= 4 is 22.9 Å². The Hall–Kier alpha value is -2.37. The Morgan fingerprint density at radius 3 is 2.81 bits per heavy atom. The number of nitrogens with one attached hydrogen (secondary N) is 1. The fraction of sp³-hybridized carbons (Fsp3) is 0.400. The lowest BCUT2D eigenvalue weighted by atomic mass is 10.2. The number of rotatable bonds is 5. The number of aromatic carboxylic acids is 1. The fourth-order valence-electron chi connectivity index (χ4n) is 2.50. The number of aryl methyl sites for hydroxylation is 1. The van der Waals surface area contributed by atoms with E-state index in [1.54, 1.807) is 25.2 Å². The molecule has 1 aromatic carbocycles. The van der Waals surface area contributed by atoms with Crippen molar-refractivity contribution in [3.63, 3.8) is 0 Å². The molecule has 1 aliphatic rings. The average Bonchev–Trinajstić information content (AvgIpc) is 3.26. The minimum atomic E-state index is -0.955. The Labute approximate surface area is 121 Å². The van der Waals surface area contributed by atoms with Crippen molar-refractivity contribution in [3.8, 4) is 0 Å². The molecule has 1 amide bonds. The fourth-order valence-corrected chi connectivity index (χ4v) is 2.50. The normalized spacial score (nSPS) is 14.3. The van der Waals surface area contributed by atoms with Gasteiger partial charge in [0.1, 0.15) is 5.82 Å². The van der Waals surface area contributed by atoms with Crippen molar-refractivity contribution in [2.45, 2.75) is 31.7 Å². The summed E-state index contributed by atoms with van der Waals surface area (Å²) in [4.78, 5) is 27.2. The first-order chi connectivity index (χ1) is 10.1. The van der Waals surface area contributed by atoms with Crippen LogP contribution in [0.5, 0.6) is 0 Å². The summed E-state index contributed by atoms with van der Waals surface area (Å²) in [7, 11) is 1.61. The molecule has 0 aliphatic heterocycles. The second-order valence-electron chi connectivity index (χ2n) is 5.33. The van der Waals surface area contributed by atoms with E-state index in [4.69, 9.17) is 5.11 Å². The molecule has 0 bridgehead atoms. The highest BCUT2D eigenvalue weighted by Crippen LogP contribution is 2.40. The van der Waals surface area contributed by atoms with E-state index < -0.39 is 5.97 Å². The van der Waals surface area contributed by atoms with Crippen LogP contribution in [0.2, 0.25) is 0 Å². The SMILES string of the molecule is CNC(=O)CCn1c(C2CC2)nc2ccc(C(=O)O)cc21. The maximum Gasteiger partial charge on any atom is 0.335 e. The van der Waals surface area contributed by atoms with Gasteiger partial charge in [0.15, 0.2) is 0 Å². The maximum absolute atomic E-state index is 11.5. The molecule has 0 radical (unpaired) electrons. The van der Waals surface area contributed by atoms with E-state index in [1.165, 1.54) is 0 Å². The standard InChI is InChI=1S/C15H17N3O3/c1-16-13(19)6-7-18-12-8-10(15(20)21)4-5-11(12)17-14(18)9-2-3-9/h4-5,8-9H,2-3,6-7H2,1H3,(H,16,19)(H,20,21). The van der Waals surface area contributed by atoms with Crippen LogP contribution in [0, 0.1) is 0 Å². The molecular formula is C15H17N3O3. The van der Waals surface area contributed by atoms with Gasteiger partial charge >= 0.3 is 5.97 Å². The Morgan fingerprint density at radius 2 is 2.19 bits per heavy atom. The highest BCUT2D eigenvalue weighted by molar-refractivity contribution is 5.92. The molecule has 6 nitrogen and oxygen atoms in total. The first-order valence-corrected chi connectivity index (χ1v) is 7.04. The van der Waals surface area contributed by atoms with E-state index in [0.29, 0.717) is 18.9 Å². The summed E-state index contributed by atoms with van der Waals surface area (Å²) in [6.07, 6.45) is 2.57. The van der Waals surface area contributed by atoms with Gasteiger partial charge in [0.25, 0.3) is 0 Å². The quantitative estimate of drug-likeness (QED) is 0.877. The van der Waals surface area contributed by atoms with Crippen molar-refractivity contribution < 1.29 is 14.7 Å². The number of amides is 1. The molecule has 1 aromatic heterocycles. The van der Waals surface area contributed by atoms with Gasteiger partial charge in [-0.15, -0.1) is 0 Å². The molecule has 3 rings (SSSR count). The number of carbonyl (C=O) groups excluding carboxylic acids is 1. The van der Waals surface area contributed by atoms with Gasteiger partial charge < -0.3 is 15.0 Å². The van der Waals surface area contributed by atoms with Crippen LogP contribution in [-0.4, -0.2) is 33.6 Å². The van der Waals surface area contributed by atoms with Crippen LogP contribution < -0.4 is 5.32 Å². The Bertz CT molecular complexity index is 716. The molecule has 21 heavy (non-hydrogen) atoms. The first-order valence-electron chi connectivity index (χ1n) is 7.04. The molecule has 0 saturated heterocycles. The first kappa shape index (κ1) is 13.6. The number of benzene rings is 1. The zero-order valence-corrected chi connectivity index (χ0v) is 11.8. The number of fused-ring (bicyclic) bond motifs is 1. The zero-order chi connectivity index (χ0) is 15.0. The number of aromatic nitrogens is 2. The number of carboxylic acid groups (broad SMARTS) is 1. The molecule has 6 heteroatoms. The van der Waals surface area contributed by atoms with Gasteiger partial charge in [0, 0.05) is 25.9 Å². The van der Waals surface area contributed by atoms with E-state index in [0.717, 1.165) is 29.7 Å².